The van der Waals surface area contributed by atoms with E-state index in [1.165, 1.54) is 35.2 Å². The summed E-state index contributed by atoms with van der Waals surface area (Å²) in [5.41, 5.74) is 0.324. The minimum absolute atomic E-state index is 0.0417. The predicted octanol–water partition coefficient (Wildman–Crippen LogP) is 5.05. The van der Waals surface area contributed by atoms with E-state index in [1.54, 1.807) is 6.07 Å². The Labute approximate surface area is 179 Å². The Morgan fingerprint density at radius 3 is 2.66 bits per heavy atom. The van der Waals surface area contributed by atoms with Crippen molar-refractivity contribution in [2.75, 3.05) is 11.4 Å². The van der Waals surface area contributed by atoms with E-state index in [2.05, 4.69) is 19.7 Å². The number of fused-ring (bicyclic) bond motifs is 1. The zero-order chi connectivity index (χ0) is 22.5. The van der Waals surface area contributed by atoms with Crippen molar-refractivity contribution in [2.45, 2.75) is 43.6 Å². The second-order valence-electron chi connectivity index (χ2n) is 8.08. The van der Waals surface area contributed by atoms with Gasteiger partial charge in [-0.1, -0.05) is 6.07 Å². The largest absolute Gasteiger partial charge is 0.573 e. The number of halogens is 4. The van der Waals surface area contributed by atoms with Crippen molar-refractivity contribution in [3.8, 4) is 5.75 Å². The van der Waals surface area contributed by atoms with Gasteiger partial charge >= 0.3 is 12.5 Å². The van der Waals surface area contributed by atoms with Gasteiger partial charge in [0.25, 0.3) is 0 Å². The summed E-state index contributed by atoms with van der Waals surface area (Å²) in [5, 5.41) is 0. The van der Waals surface area contributed by atoms with Crippen LogP contribution >= 0.6 is 0 Å². The molecular formula is C21H18F4N4O3. The second-order valence-corrected chi connectivity index (χ2v) is 8.08. The van der Waals surface area contributed by atoms with E-state index in [4.69, 9.17) is 4.74 Å². The Morgan fingerprint density at radius 2 is 1.94 bits per heavy atom. The van der Waals surface area contributed by atoms with Gasteiger partial charge in [0.1, 0.15) is 23.0 Å². The van der Waals surface area contributed by atoms with Crippen LogP contribution in [0.25, 0.3) is 11.0 Å². The van der Waals surface area contributed by atoms with Crippen molar-refractivity contribution in [3.63, 3.8) is 0 Å². The van der Waals surface area contributed by atoms with Crippen molar-refractivity contribution in [2.24, 2.45) is 0 Å². The quantitative estimate of drug-likeness (QED) is 0.446. The molecule has 0 radical (unpaired) electrons. The second kappa shape index (κ2) is 7.35. The van der Waals surface area contributed by atoms with Crippen molar-refractivity contribution in [3.05, 3.63) is 48.2 Å². The zero-order valence-corrected chi connectivity index (χ0v) is 16.7. The van der Waals surface area contributed by atoms with E-state index < -0.39 is 24.0 Å². The SMILES string of the molecule is O=C1OC2(CCC(c3nc4cc(OC(F)(F)F)ccc4[nH]3)CC2)CN1c1cccc(F)n1. The van der Waals surface area contributed by atoms with Gasteiger partial charge in [-0.25, -0.2) is 14.8 Å². The number of nitrogens with zero attached hydrogens (tertiary/aromatic N) is 3. The number of imidazole rings is 1. The van der Waals surface area contributed by atoms with E-state index in [-0.39, 0.29) is 24.0 Å². The maximum atomic E-state index is 13.5. The van der Waals surface area contributed by atoms with Gasteiger partial charge < -0.3 is 14.5 Å². The molecule has 2 aliphatic rings. The van der Waals surface area contributed by atoms with Crippen LogP contribution in [0.2, 0.25) is 0 Å². The number of carbonyl (C=O) groups excluding carboxylic acids is 1. The monoisotopic (exact) mass is 450 g/mol. The van der Waals surface area contributed by atoms with Gasteiger partial charge in [0.15, 0.2) is 0 Å². The Bertz CT molecular complexity index is 1170. The molecule has 1 aliphatic heterocycles. The number of nitrogens with one attached hydrogen (secondary N) is 1. The summed E-state index contributed by atoms with van der Waals surface area (Å²) in [6, 6.07) is 8.23. The van der Waals surface area contributed by atoms with E-state index >= 15 is 0 Å². The normalized spacial score (nSPS) is 23.7. The number of ether oxygens (including phenoxy) is 2. The minimum atomic E-state index is -4.77. The molecule has 168 valence electrons. The molecule has 1 aromatic carbocycles. The number of alkyl halides is 3. The number of hydrogen-bond donors (Lipinski definition) is 1. The van der Waals surface area contributed by atoms with Crippen molar-refractivity contribution >= 4 is 22.9 Å². The molecule has 0 atom stereocenters. The molecule has 1 N–H and O–H groups in total. The van der Waals surface area contributed by atoms with Gasteiger partial charge in [0.2, 0.25) is 5.95 Å². The summed E-state index contributed by atoms with van der Waals surface area (Å²) in [5.74, 6) is -0.0709. The van der Waals surface area contributed by atoms with E-state index in [1.807, 2.05) is 0 Å². The fourth-order valence-electron chi connectivity index (χ4n) is 4.42. The van der Waals surface area contributed by atoms with Crippen LogP contribution in [0.5, 0.6) is 5.75 Å². The van der Waals surface area contributed by atoms with Crippen LogP contribution in [0.15, 0.2) is 36.4 Å². The molecule has 1 aliphatic carbocycles. The van der Waals surface area contributed by atoms with Crippen LogP contribution in [-0.4, -0.2) is 39.6 Å². The van der Waals surface area contributed by atoms with Crippen molar-refractivity contribution < 1.29 is 31.8 Å². The molecule has 0 bridgehead atoms. The van der Waals surface area contributed by atoms with Gasteiger partial charge in [0.05, 0.1) is 17.6 Å². The van der Waals surface area contributed by atoms with Gasteiger partial charge in [0, 0.05) is 12.0 Å². The molecule has 2 aromatic heterocycles. The molecule has 1 spiro atoms. The van der Waals surface area contributed by atoms with Gasteiger partial charge in [-0.3, -0.25) is 4.90 Å². The average molecular weight is 450 g/mol. The molecule has 7 nitrogen and oxygen atoms in total. The maximum Gasteiger partial charge on any atom is 0.573 e. The van der Waals surface area contributed by atoms with E-state index in [9.17, 15) is 22.4 Å². The average Bonchev–Trinajstić information content (AvgIpc) is 3.28. The van der Waals surface area contributed by atoms with Crippen LogP contribution in [0.4, 0.5) is 28.2 Å². The lowest BCUT2D eigenvalue weighted by molar-refractivity contribution is -0.274. The van der Waals surface area contributed by atoms with Crippen LogP contribution in [-0.2, 0) is 4.74 Å². The lowest BCUT2D eigenvalue weighted by Gasteiger charge is -2.34. The third-order valence-electron chi connectivity index (χ3n) is 5.94. The standard InChI is InChI=1S/C21H18F4N4O3/c22-16-2-1-3-17(28-16)29-11-20(32-19(29)30)8-6-12(7-9-20)18-26-14-5-4-13(10-15(14)27-18)31-21(23,24)25/h1-5,10,12H,6-9,11H2,(H,26,27). The third-order valence-corrected chi connectivity index (χ3v) is 5.94. The first-order valence-corrected chi connectivity index (χ1v) is 10.1. The first-order valence-electron chi connectivity index (χ1n) is 10.1. The molecule has 11 heteroatoms. The van der Waals surface area contributed by atoms with Crippen LogP contribution in [0, 0.1) is 5.95 Å². The fraction of sp³-hybridized carbons (Fsp3) is 0.381. The highest BCUT2D eigenvalue weighted by atomic mass is 19.4. The summed E-state index contributed by atoms with van der Waals surface area (Å²) in [6.45, 7) is 0.285. The number of amides is 1. The number of pyridine rings is 1. The Kier molecular flexibility index (Phi) is 4.72. The maximum absolute atomic E-state index is 13.5. The number of rotatable bonds is 3. The summed E-state index contributed by atoms with van der Waals surface area (Å²) < 4.78 is 60.4. The molecule has 32 heavy (non-hydrogen) atoms. The zero-order valence-electron chi connectivity index (χ0n) is 16.7. The summed E-state index contributed by atoms with van der Waals surface area (Å²) in [7, 11) is 0. The van der Waals surface area contributed by atoms with Gasteiger partial charge in [-0.2, -0.15) is 4.39 Å². The number of anilines is 1. The number of aromatic nitrogens is 3. The molecule has 1 saturated carbocycles. The molecule has 3 heterocycles. The number of aromatic amines is 1. The number of H-pyrrole nitrogens is 1. The van der Waals surface area contributed by atoms with Crippen LogP contribution in [0.3, 0.4) is 0 Å². The van der Waals surface area contributed by atoms with E-state index in [0.717, 1.165) is 0 Å². The first-order chi connectivity index (χ1) is 15.2. The Hall–Kier alpha value is -3.37. The highest BCUT2D eigenvalue weighted by Gasteiger charge is 2.48. The number of carbonyl (C=O) groups is 1. The molecule has 0 unspecified atom stereocenters. The predicted molar refractivity (Wildman–Crippen MR) is 105 cm³/mol. The van der Waals surface area contributed by atoms with Crippen molar-refractivity contribution in [1.29, 1.82) is 0 Å². The fourth-order valence-corrected chi connectivity index (χ4v) is 4.42. The summed E-state index contributed by atoms with van der Waals surface area (Å²) >= 11 is 0. The topological polar surface area (TPSA) is 80.3 Å². The van der Waals surface area contributed by atoms with Crippen LogP contribution in [0.1, 0.15) is 37.4 Å². The minimum Gasteiger partial charge on any atom is -0.441 e. The summed E-state index contributed by atoms with van der Waals surface area (Å²) in [6.07, 6.45) is -2.82. The summed E-state index contributed by atoms with van der Waals surface area (Å²) in [4.78, 5) is 25.1. The number of hydrogen-bond acceptors (Lipinski definition) is 5. The molecule has 2 fully saturated rings. The smallest absolute Gasteiger partial charge is 0.441 e. The molecule has 1 saturated heterocycles. The molecule has 1 amide bonds. The highest BCUT2D eigenvalue weighted by Crippen LogP contribution is 2.43. The lowest BCUT2D eigenvalue weighted by atomic mass is 9.78. The molecule has 5 rings (SSSR count). The molecule has 3 aromatic rings. The Balaban J connectivity index is 1.28. The Morgan fingerprint density at radius 1 is 1.16 bits per heavy atom. The van der Waals surface area contributed by atoms with Crippen LogP contribution < -0.4 is 9.64 Å². The molecular weight excluding hydrogens is 432 g/mol. The van der Waals surface area contributed by atoms with Gasteiger partial charge in [-0.05, 0) is 49.9 Å². The van der Waals surface area contributed by atoms with Gasteiger partial charge in [-0.15, -0.1) is 13.2 Å². The third kappa shape index (κ3) is 3.94. The van der Waals surface area contributed by atoms with E-state index in [0.29, 0.717) is 42.5 Å². The van der Waals surface area contributed by atoms with Crippen molar-refractivity contribution in [1.82, 2.24) is 15.0 Å². The lowest BCUT2D eigenvalue weighted by Crippen LogP contribution is -2.38. The highest BCUT2D eigenvalue weighted by molar-refractivity contribution is 5.89. The first kappa shape index (κ1) is 20.5. The number of benzene rings is 1.